The summed E-state index contributed by atoms with van der Waals surface area (Å²) in [5, 5.41) is 0. The van der Waals surface area contributed by atoms with E-state index in [4.69, 9.17) is 13.9 Å². The van der Waals surface area contributed by atoms with Crippen molar-refractivity contribution in [2.24, 2.45) is 5.41 Å². The molecule has 0 aliphatic carbocycles. The van der Waals surface area contributed by atoms with Crippen molar-refractivity contribution >= 4 is 17.7 Å². The molecule has 0 saturated carbocycles. The largest absolute Gasteiger partial charge is 0.489 e. The predicted molar refractivity (Wildman–Crippen MR) is 149 cm³/mol. The van der Waals surface area contributed by atoms with Crippen molar-refractivity contribution in [1.82, 2.24) is 4.98 Å². The third-order valence-corrected chi connectivity index (χ3v) is 6.87. The Bertz CT molecular complexity index is 1450. The standard InChI is InChI=1S/C31H31NO5S/c1-20(2)24-10-6-7-11-27(24)38-28-26(37-30(34)31(3,4)5)17-25(36-29(28)33)22-12-14-23(15-13-22)35-19-21-9-8-16-32-18-21/h6-18,20H,19H2,1-5H3. The normalized spacial score (nSPS) is 11.4. The maximum atomic E-state index is 13.3. The Morgan fingerprint density at radius 2 is 1.76 bits per heavy atom. The van der Waals surface area contributed by atoms with Crippen molar-refractivity contribution in [2.75, 3.05) is 0 Å². The van der Waals surface area contributed by atoms with Gasteiger partial charge in [0.15, 0.2) is 5.75 Å². The molecule has 0 atom stereocenters. The molecule has 0 bridgehead atoms. The van der Waals surface area contributed by atoms with E-state index in [-0.39, 0.29) is 16.6 Å². The highest BCUT2D eigenvalue weighted by atomic mass is 32.2. The summed E-state index contributed by atoms with van der Waals surface area (Å²) in [5.74, 6) is 0.956. The molecule has 38 heavy (non-hydrogen) atoms. The SMILES string of the molecule is CC(C)c1ccccc1Sc1c(OC(=O)C(C)(C)C)cc(-c2ccc(OCc3cccnc3)cc2)oc1=O. The van der Waals surface area contributed by atoms with Crippen LogP contribution in [0, 0.1) is 5.41 Å². The quantitative estimate of drug-likeness (QED) is 0.219. The summed E-state index contributed by atoms with van der Waals surface area (Å²) in [6, 6.07) is 20.5. The number of hydrogen-bond acceptors (Lipinski definition) is 7. The number of carbonyl (C=O) groups is 1. The van der Waals surface area contributed by atoms with Crippen molar-refractivity contribution in [3.05, 3.63) is 101 Å². The molecule has 0 saturated heterocycles. The maximum absolute atomic E-state index is 13.3. The van der Waals surface area contributed by atoms with E-state index < -0.39 is 17.0 Å². The third-order valence-electron chi connectivity index (χ3n) is 5.71. The number of rotatable bonds is 8. The zero-order chi connectivity index (χ0) is 27.3. The summed E-state index contributed by atoms with van der Waals surface area (Å²) in [4.78, 5) is 31.3. The molecule has 0 unspecified atom stereocenters. The lowest BCUT2D eigenvalue weighted by atomic mass is 9.97. The molecule has 0 fully saturated rings. The summed E-state index contributed by atoms with van der Waals surface area (Å²) in [5.41, 5.74) is 1.39. The van der Waals surface area contributed by atoms with Crippen LogP contribution in [0.5, 0.6) is 11.5 Å². The van der Waals surface area contributed by atoms with Gasteiger partial charge in [0.05, 0.1) is 5.41 Å². The van der Waals surface area contributed by atoms with E-state index in [0.29, 0.717) is 23.7 Å². The Hall–Kier alpha value is -3.84. The number of hydrogen-bond donors (Lipinski definition) is 0. The average Bonchev–Trinajstić information content (AvgIpc) is 2.89. The fraction of sp³-hybridized carbons (Fsp3) is 0.258. The smallest absolute Gasteiger partial charge is 0.354 e. The molecule has 2 aromatic carbocycles. The van der Waals surface area contributed by atoms with Crippen LogP contribution in [0.2, 0.25) is 0 Å². The van der Waals surface area contributed by atoms with E-state index in [1.807, 2.05) is 36.4 Å². The summed E-state index contributed by atoms with van der Waals surface area (Å²) >= 11 is 1.25. The van der Waals surface area contributed by atoms with E-state index in [2.05, 4.69) is 18.8 Å². The average molecular weight is 530 g/mol. The van der Waals surface area contributed by atoms with Gasteiger partial charge in [-0.15, -0.1) is 0 Å². The first-order valence-corrected chi connectivity index (χ1v) is 13.2. The van der Waals surface area contributed by atoms with Gasteiger partial charge >= 0.3 is 11.6 Å². The molecule has 7 heteroatoms. The van der Waals surface area contributed by atoms with Crippen LogP contribution in [0.1, 0.15) is 51.7 Å². The molecule has 2 heterocycles. The van der Waals surface area contributed by atoms with Crippen LogP contribution in [-0.4, -0.2) is 11.0 Å². The fourth-order valence-corrected chi connectivity index (χ4v) is 4.66. The number of aromatic nitrogens is 1. The van der Waals surface area contributed by atoms with E-state index in [9.17, 15) is 9.59 Å². The molecule has 0 aliphatic rings. The highest BCUT2D eigenvalue weighted by molar-refractivity contribution is 7.99. The lowest BCUT2D eigenvalue weighted by molar-refractivity contribution is -0.143. The molecular weight excluding hydrogens is 498 g/mol. The van der Waals surface area contributed by atoms with Gasteiger partial charge in [0.2, 0.25) is 0 Å². The first kappa shape index (κ1) is 27.2. The molecule has 2 aromatic heterocycles. The fourth-order valence-electron chi connectivity index (χ4n) is 3.55. The van der Waals surface area contributed by atoms with E-state index in [1.165, 1.54) is 11.8 Å². The van der Waals surface area contributed by atoms with Gasteiger partial charge in [0, 0.05) is 34.5 Å². The minimum atomic E-state index is -0.749. The number of ether oxygens (including phenoxy) is 2. The molecule has 0 amide bonds. The van der Waals surface area contributed by atoms with Gasteiger partial charge in [-0.05, 0) is 68.7 Å². The van der Waals surface area contributed by atoms with Crippen LogP contribution >= 0.6 is 11.8 Å². The zero-order valence-corrected chi connectivity index (χ0v) is 23.0. The van der Waals surface area contributed by atoms with Crippen LogP contribution in [0.15, 0.2) is 98.1 Å². The van der Waals surface area contributed by atoms with Crippen LogP contribution in [0.25, 0.3) is 11.3 Å². The monoisotopic (exact) mass is 529 g/mol. The molecule has 6 nitrogen and oxygen atoms in total. The second-order valence-corrected chi connectivity index (χ2v) is 11.3. The third kappa shape index (κ3) is 6.72. The summed E-state index contributed by atoms with van der Waals surface area (Å²) < 4.78 is 17.3. The van der Waals surface area contributed by atoms with Gasteiger partial charge < -0.3 is 13.9 Å². The first-order valence-electron chi connectivity index (χ1n) is 12.4. The van der Waals surface area contributed by atoms with Gasteiger partial charge in [-0.1, -0.05) is 49.9 Å². The second-order valence-electron chi connectivity index (χ2n) is 10.2. The van der Waals surface area contributed by atoms with Crippen LogP contribution in [-0.2, 0) is 11.4 Å². The highest BCUT2D eigenvalue weighted by Crippen LogP contribution is 2.39. The lowest BCUT2D eigenvalue weighted by Gasteiger charge is -2.18. The van der Waals surface area contributed by atoms with Crippen LogP contribution in [0.3, 0.4) is 0 Å². The Labute approximate surface area is 227 Å². The van der Waals surface area contributed by atoms with Crippen molar-refractivity contribution < 1.29 is 18.7 Å². The highest BCUT2D eigenvalue weighted by Gasteiger charge is 2.27. The van der Waals surface area contributed by atoms with Crippen molar-refractivity contribution in [1.29, 1.82) is 0 Å². The summed E-state index contributed by atoms with van der Waals surface area (Å²) in [7, 11) is 0. The molecule has 0 spiro atoms. The van der Waals surface area contributed by atoms with Crippen molar-refractivity contribution in [3.8, 4) is 22.8 Å². The van der Waals surface area contributed by atoms with Gasteiger partial charge in [-0.2, -0.15) is 0 Å². The van der Waals surface area contributed by atoms with E-state index in [1.54, 1.807) is 63.5 Å². The minimum absolute atomic E-state index is 0.177. The number of carbonyl (C=O) groups excluding carboxylic acids is 1. The molecule has 4 aromatic rings. The van der Waals surface area contributed by atoms with Crippen LogP contribution < -0.4 is 15.1 Å². The van der Waals surface area contributed by atoms with Crippen molar-refractivity contribution in [2.45, 2.75) is 56.9 Å². The second kappa shape index (κ2) is 11.7. The number of benzene rings is 2. The number of pyridine rings is 1. The van der Waals surface area contributed by atoms with E-state index >= 15 is 0 Å². The molecular formula is C31H31NO5S. The Kier molecular flexibility index (Phi) is 8.37. The van der Waals surface area contributed by atoms with Gasteiger partial charge in [-0.25, -0.2) is 4.79 Å². The zero-order valence-electron chi connectivity index (χ0n) is 22.2. The molecule has 4 rings (SSSR count). The number of esters is 1. The topological polar surface area (TPSA) is 78.6 Å². The van der Waals surface area contributed by atoms with Crippen LogP contribution in [0.4, 0.5) is 0 Å². The van der Waals surface area contributed by atoms with E-state index in [0.717, 1.165) is 16.0 Å². The minimum Gasteiger partial charge on any atom is -0.489 e. The summed E-state index contributed by atoms with van der Waals surface area (Å²) in [6.07, 6.45) is 3.47. The Morgan fingerprint density at radius 3 is 2.42 bits per heavy atom. The molecule has 196 valence electrons. The summed E-state index contributed by atoms with van der Waals surface area (Å²) in [6.45, 7) is 9.89. The molecule has 0 N–H and O–H groups in total. The molecule has 0 aliphatic heterocycles. The lowest BCUT2D eigenvalue weighted by Crippen LogP contribution is -2.26. The number of nitrogens with zero attached hydrogens (tertiary/aromatic N) is 1. The first-order chi connectivity index (χ1) is 18.1. The van der Waals surface area contributed by atoms with Crippen molar-refractivity contribution in [3.63, 3.8) is 0 Å². The Morgan fingerprint density at radius 1 is 1.03 bits per heavy atom. The predicted octanol–water partition coefficient (Wildman–Crippen LogP) is 7.51. The molecule has 0 radical (unpaired) electrons. The van der Waals surface area contributed by atoms with Gasteiger partial charge in [0.1, 0.15) is 23.0 Å². The van der Waals surface area contributed by atoms with Gasteiger partial charge in [0.25, 0.3) is 0 Å². The van der Waals surface area contributed by atoms with Gasteiger partial charge in [-0.3, -0.25) is 9.78 Å². The Balaban J connectivity index is 1.66. The maximum Gasteiger partial charge on any atom is 0.354 e.